The molecule has 0 aliphatic rings. The van der Waals surface area contributed by atoms with Crippen molar-refractivity contribution in [3.05, 3.63) is 53.6 Å². The molecule has 2 rings (SSSR count). The van der Waals surface area contributed by atoms with Crippen LogP contribution in [0.3, 0.4) is 0 Å². The van der Waals surface area contributed by atoms with E-state index in [1.807, 2.05) is 19.2 Å². The highest BCUT2D eigenvalue weighted by atomic mass is 14.9. The molecule has 0 saturated heterocycles. The third kappa shape index (κ3) is 4.04. The van der Waals surface area contributed by atoms with Crippen LogP contribution in [-0.2, 0) is 13.0 Å². The number of aryl methyl sites for hydroxylation is 2. The number of nitrogens with zero attached hydrogens (tertiary/aromatic N) is 1. The molecule has 3 heteroatoms. The minimum Gasteiger partial charge on any atom is -0.349 e. The summed E-state index contributed by atoms with van der Waals surface area (Å²) in [7, 11) is 0. The van der Waals surface area contributed by atoms with E-state index in [-0.39, 0.29) is 0 Å². The molecule has 1 heterocycles. The zero-order chi connectivity index (χ0) is 11.9. The molecule has 3 nitrogen and oxygen atoms in total. The Morgan fingerprint density at radius 1 is 1.24 bits per heavy atom. The Bertz CT molecular complexity index is 434. The first-order valence-corrected chi connectivity index (χ1v) is 6.10. The molecule has 0 bridgehead atoms. The number of H-pyrrole nitrogens is 1. The molecule has 0 unspecified atom stereocenters. The van der Waals surface area contributed by atoms with Crippen molar-refractivity contribution in [2.75, 3.05) is 6.54 Å². The summed E-state index contributed by atoms with van der Waals surface area (Å²) < 4.78 is 0. The SMILES string of the molecule is Cc1nc(CCCNCc2ccccc2)c[nH]1. The topological polar surface area (TPSA) is 40.7 Å². The van der Waals surface area contributed by atoms with E-state index in [2.05, 4.69) is 39.6 Å². The Kier molecular flexibility index (Phi) is 4.33. The van der Waals surface area contributed by atoms with Crippen LogP contribution in [-0.4, -0.2) is 16.5 Å². The summed E-state index contributed by atoms with van der Waals surface area (Å²) in [4.78, 5) is 7.49. The van der Waals surface area contributed by atoms with Crippen LogP contribution in [0.5, 0.6) is 0 Å². The summed E-state index contributed by atoms with van der Waals surface area (Å²) in [6.07, 6.45) is 4.15. The maximum Gasteiger partial charge on any atom is 0.103 e. The molecule has 0 fully saturated rings. The minimum absolute atomic E-state index is 0.945. The summed E-state index contributed by atoms with van der Waals surface area (Å²) in [5, 5.41) is 3.44. The predicted molar refractivity (Wildman–Crippen MR) is 69.8 cm³/mol. The summed E-state index contributed by atoms with van der Waals surface area (Å²) >= 11 is 0. The lowest BCUT2D eigenvalue weighted by Gasteiger charge is -2.03. The van der Waals surface area contributed by atoms with Gasteiger partial charge in [0, 0.05) is 12.7 Å². The highest BCUT2D eigenvalue weighted by Gasteiger charge is 1.97. The minimum atomic E-state index is 0.945. The average molecular weight is 229 g/mol. The van der Waals surface area contributed by atoms with Crippen molar-refractivity contribution in [2.24, 2.45) is 0 Å². The largest absolute Gasteiger partial charge is 0.349 e. The number of aromatic amines is 1. The van der Waals surface area contributed by atoms with E-state index in [1.54, 1.807) is 0 Å². The van der Waals surface area contributed by atoms with Gasteiger partial charge in [0.25, 0.3) is 0 Å². The van der Waals surface area contributed by atoms with E-state index < -0.39 is 0 Å². The van der Waals surface area contributed by atoms with Gasteiger partial charge in [0.15, 0.2) is 0 Å². The molecule has 1 aromatic heterocycles. The highest BCUT2D eigenvalue weighted by molar-refractivity contribution is 5.14. The first kappa shape index (κ1) is 11.9. The number of aromatic nitrogens is 2. The van der Waals surface area contributed by atoms with Gasteiger partial charge in [0.1, 0.15) is 5.82 Å². The average Bonchev–Trinajstić information content (AvgIpc) is 2.76. The van der Waals surface area contributed by atoms with Crippen LogP contribution in [0, 0.1) is 6.92 Å². The Balaban J connectivity index is 1.61. The maximum atomic E-state index is 4.38. The van der Waals surface area contributed by atoms with Crippen LogP contribution in [0.1, 0.15) is 23.5 Å². The van der Waals surface area contributed by atoms with Crippen LogP contribution in [0.4, 0.5) is 0 Å². The molecular formula is C14H19N3. The molecular weight excluding hydrogens is 210 g/mol. The third-order valence-electron chi connectivity index (χ3n) is 2.72. The monoisotopic (exact) mass is 229 g/mol. The summed E-state index contributed by atoms with van der Waals surface area (Å²) in [6.45, 7) is 3.96. The maximum absolute atomic E-state index is 4.38. The number of hydrogen-bond donors (Lipinski definition) is 2. The van der Waals surface area contributed by atoms with Crippen LogP contribution in [0.15, 0.2) is 36.5 Å². The molecule has 0 saturated carbocycles. The molecule has 0 radical (unpaired) electrons. The van der Waals surface area contributed by atoms with Crippen molar-refractivity contribution in [3.8, 4) is 0 Å². The Labute approximate surface area is 102 Å². The second-order valence-electron chi connectivity index (χ2n) is 4.24. The molecule has 0 aliphatic carbocycles. The molecule has 0 atom stereocenters. The van der Waals surface area contributed by atoms with Gasteiger partial charge in [-0.25, -0.2) is 4.98 Å². The Hall–Kier alpha value is -1.61. The van der Waals surface area contributed by atoms with E-state index in [0.717, 1.165) is 37.4 Å². The number of imidazole rings is 1. The summed E-state index contributed by atoms with van der Waals surface area (Å²) in [5.41, 5.74) is 2.49. The van der Waals surface area contributed by atoms with Gasteiger partial charge in [-0.05, 0) is 31.9 Å². The van der Waals surface area contributed by atoms with Crippen molar-refractivity contribution < 1.29 is 0 Å². The lowest BCUT2D eigenvalue weighted by molar-refractivity contribution is 0.645. The second-order valence-corrected chi connectivity index (χ2v) is 4.24. The molecule has 0 aliphatic heterocycles. The fourth-order valence-electron chi connectivity index (χ4n) is 1.82. The zero-order valence-electron chi connectivity index (χ0n) is 10.2. The molecule has 0 spiro atoms. The Morgan fingerprint density at radius 3 is 2.76 bits per heavy atom. The summed E-state index contributed by atoms with van der Waals surface area (Å²) in [6, 6.07) is 10.5. The van der Waals surface area contributed by atoms with Gasteiger partial charge in [-0.2, -0.15) is 0 Å². The van der Waals surface area contributed by atoms with Gasteiger partial charge in [0.2, 0.25) is 0 Å². The molecule has 0 amide bonds. The van der Waals surface area contributed by atoms with Gasteiger partial charge in [-0.15, -0.1) is 0 Å². The van der Waals surface area contributed by atoms with Crippen molar-refractivity contribution in [1.82, 2.24) is 15.3 Å². The zero-order valence-corrected chi connectivity index (χ0v) is 10.2. The van der Waals surface area contributed by atoms with Crippen molar-refractivity contribution in [3.63, 3.8) is 0 Å². The van der Waals surface area contributed by atoms with Crippen LogP contribution in [0.25, 0.3) is 0 Å². The fraction of sp³-hybridized carbons (Fsp3) is 0.357. The van der Waals surface area contributed by atoms with E-state index in [9.17, 15) is 0 Å². The molecule has 90 valence electrons. The number of nitrogens with one attached hydrogen (secondary N) is 2. The molecule has 1 aromatic carbocycles. The fourth-order valence-corrected chi connectivity index (χ4v) is 1.82. The first-order chi connectivity index (χ1) is 8.34. The Morgan fingerprint density at radius 2 is 2.06 bits per heavy atom. The standard InChI is InChI=1S/C14H19N3/c1-12-16-11-14(17-12)8-5-9-15-10-13-6-3-2-4-7-13/h2-4,6-7,11,15H,5,8-10H2,1H3,(H,16,17). The smallest absolute Gasteiger partial charge is 0.103 e. The van der Waals surface area contributed by atoms with Gasteiger partial charge >= 0.3 is 0 Å². The summed E-state index contributed by atoms with van der Waals surface area (Å²) in [5.74, 6) is 0.997. The second kappa shape index (κ2) is 6.21. The van der Waals surface area contributed by atoms with Crippen LogP contribution >= 0.6 is 0 Å². The number of hydrogen-bond acceptors (Lipinski definition) is 2. The van der Waals surface area contributed by atoms with Crippen LogP contribution in [0.2, 0.25) is 0 Å². The van der Waals surface area contributed by atoms with Gasteiger partial charge in [-0.1, -0.05) is 30.3 Å². The molecule has 2 N–H and O–H groups in total. The van der Waals surface area contributed by atoms with E-state index in [4.69, 9.17) is 0 Å². The predicted octanol–water partition coefficient (Wildman–Crippen LogP) is 2.44. The van der Waals surface area contributed by atoms with E-state index in [0.29, 0.717) is 0 Å². The number of benzene rings is 1. The van der Waals surface area contributed by atoms with Gasteiger partial charge < -0.3 is 10.3 Å². The van der Waals surface area contributed by atoms with E-state index in [1.165, 1.54) is 5.56 Å². The molecule has 17 heavy (non-hydrogen) atoms. The molecule has 2 aromatic rings. The van der Waals surface area contributed by atoms with Crippen molar-refractivity contribution >= 4 is 0 Å². The third-order valence-corrected chi connectivity index (χ3v) is 2.72. The highest BCUT2D eigenvalue weighted by Crippen LogP contribution is 2.00. The van der Waals surface area contributed by atoms with Gasteiger partial charge in [-0.3, -0.25) is 0 Å². The van der Waals surface area contributed by atoms with E-state index >= 15 is 0 Å². The lowest BCUT2D eigenvalue weighted by atomic mass is 10.2. The van der Waals surface area contributed by atoms with Gasteiger partial charge in [0.05, 0.1) is 5.69 Å². The van der Waals surface area contributed by atoms with Crippen molar-refractivity contribution in [2.45, 2.75) is 26.3 Å². The van der Waals surface area contributed by atoms with Crippen LogP contribution < -0.4 is 5.32 Å². The lowest BCUT2D eigenvalue weighted by Crippen LogP contribution is -2.15. The van der Waals surface area contributed by atoms with Crippen molar-refractivity contribution in [1.29, 1.82) is 0 Å². The quantitative estimate of drug-likeness (QED) is 0.747. The normalized spacial score (nSPS) is 10.6. The number of rotatable bonds is 6. The first-order valence-electron chi connectivity index (χ1n) is 6.10.